The summed E-state index contributed by atoms with van der Waals surface area (Å²) in [5.41, 5.74) is 9.68. The second-order valence-corrected chi connectivity index (χ2v) is 0.722. The van der Waals surface area contributed by atoms with E-state index in [0.717, 1.165) is 0 Å². The van der Waals surface area contributed by atoms with Crippen molar-refractivity contribution in [3.05, 3.63) is 0 Å². The Morgan fingerprint density at radius 2 is 1.83 bits per heavy atom. The van der Waals surface area contributed by atoms with E-state index >= 15 is 0 Å². The largest absolute Gasteiger partial charge is 0.305 e. The molecule has 0 radical (unpaired) electrons. The topological polar surface area (TPSA) is 103 Å². The smallest absolute Gasteiger partial charge is 0.171 e. The molecule has 0 fully saturated rings. The van der Waals surface area contributed by atoms with Crippen LogP contribution in [0.4, 0.5) is 0 Å². The van der Waals surface area contributed by atoms with E-state index in [1.54, 1.807) is 0 Å². The van der Waals surface area contributed by atoms with Gasteiger partial charge in [-0.25, -0.2) is 0 Å². The van der Waals surface area contributed by atoms with Gasteiger partial charge in [-0.15, -0.1) is 5.11 Å². The van der Waals surface area contributed by atoms with Gasteiger partial charge in [-0.05, 0) is 0 Å². The van der Waals surface area contributed by atoms with Gasteiger partial charge in [0, 0.05) is 0 Å². The average molecular weight is 89.1 g/mol. The van der Waals surface area contributed by atoms with Crippen molar-refractivity contribution in [2.24, 2.45) is 27.6 Å². The highest BCUT2D eigenvalue weighted by Crippen LogP contribution is 1.61. The molecule has 0 aliphatic carbocycles. The maximum atomic E-state index is 4.84. The molecule has 5 nitrogen and oxygen atoms in total. The van der Waals surface area contributed by atoms with Crippen LogP contribution in [0, 0.1) is 0 Å². The van der Waals surface area contributed by atoms with Gasteiger partial charge in [0.15, 0.2) is 6.29 Å². The molecule has 0 rings (SSSR count). The maximum absolute atomic E-state index is 4.84. The third-order valence-corrected chi connectivity index (χ3v) is 0.200. The van der Waals surface area contributed by atoms with Gasteiger partial charge in [-0.3, -0.25) is 11.5 Å². The zero-order valence-corrected chi connectivity index (χ0v) is 3.20. The molecule has 0 amide bonds. The summed E-state index contributed by atoms with van der Waals surface area (Å²) in [4.78, 5) is 0. The van der Waals surface area contributed by atoms with Crippen LogP contribution in [0.1, 0.15) is 0 Å². The molecule has 0 aromatic carbocycles. The number of nitrogens with two attached hydrogens (primary N) is 3. The fourth-order valence-electron chi connectivity index (χ4n) is 0.0770. The first-order chi connectivity index (χ1) is 2.77. The van der Waals surface area contributed by atoms with Gasteiger partial charge >= 0.3 is 0 Å². The van der Waals surface area contributed by atoms with Crippen LogP contribution in [0.25, 0.3) is 0 Å². The predicted molar refractivity (Wildman–Crippen MR) is 21.2 cm³/mol. The van der Waals surface area contributed by atoms with Gasteiger partial charge in [-0.2, -0.15) is 0 Å². The summed E-state index contributed by atoms with van der Waals surface area (Å²) in [5.74, 6) is 4.53. The molecule has 36 valence electrons. The molecule has 0 bridgehead atoms. The Balaban J connectivity index is 3.03. The van der Waals surface area contributed by atoms with E-state index in [1.807, 2.05) is 0 Å². The lowest BCUT2D eigenvalue weighted by Crippen LogP contribution is -2.27. The minimum Gasteiger partial charge on any atom is -0.305 e. The molecule has 0 aromatic rings. The van der Waals surface area contributed by atoms with Crippen molar-refractivity contribution in [2.75, 3.05) is 0 Å². The van der Waals surface area contributed by atoms with Crippen LogP contribution in [0.5, 0.6) is 0 Å². The second kappa shape index (κ2) is 2.55. The Morgan fingerprint density at radius 3 is 1.83 bits per heavy atom. The molecule has 5 heteroatoms. The summed E-state index contributed by atoms with van der Waals surface area (Å²) >= 11 is 0. The standard InChI is InChI=1S/CH7N5/c2-1(3)5-6-4/h1H,2-3H2,(H2,4,5). The van der Waals surface area contributed by atoms with E-state index in [0.29, 0.717) is 0 Å². The summed E-state index contributed by atoms with van der Waals surface area (Å²) in [5, 5.41) is 5.89. The van der Waals surface area contributed by atoms with Gasteiger partial charge in [0.1, 0.15) is 0 Å². The van der Waals surface area contributed by atoms with Gasteiger partial charge in [-0.1, -0.05) is 5.22 Å². The van der Waals surface area contributed by atoms with Crippen LogP contribution in [-0.4, -0.2) is 6.29 Å². The third-order valence-electron chi connectivity index (χ3n) is 0.200. The van der Waals surface area contributed by atoms with Crippen molar-refractivity contribution in [2.45, 2.75) is 6.29 Å². The van der Waals surface area contributed by atoms with Crippen molar-refractivity contribution in [3.8, 4) is 0 Å². The van der Waals surface area contributed by atoms with E-state index in [-0.39, 0.29) is 0 Å². The fraction of sp³-hybridized carbons (Fsp3) is 1.00. The number of hydrogen-bond donors (Lipinski definition) is 3. The lowest BCUT2D eigenvalue weighted by molar-refractivity contribution is 0.688. The first-order valence-corrected chi connectivity index (χ1v) is 1.38. The Hall–Kier alpha value is -0.680. The molecular weight excluding hydrogens is 82.0 g/mol. The summed E-state index contributed by atoms with van der Waals surface area (Å²) in [7, 11) is 0. The Kier molecular flexibility index (Phi) is 2.26. The number of hydrogen-bond acceptors (Lipinski definition) is 4. The Labute approximate surface area is 35.2 Å². The van der Waals surface area contributed by atoms with E-state index < -0.39 is 6.29 Å². The Bertz CT molecular complexity index is 45.9. The van der Waals surface area contributed by atoms with Crippen molar-refractivity contribution < 1.29 is 0 Å². The fourth-order valence-corrected chi connectivity index (χ4v) is 0.0770. The van der Waals surface area contributed by atoms with Crippen LogP contribution in [0.15, 0.2) is 10.3 Å². The highest BCUT2D eigenvalue weighted by Gasteiger charge is 1.78. The lowest BCUT2D eigenvalue weighted by Gasteiger charge is -1.87. The van der Waals surface area contributed by atoms with Gasteiger partial charge in [0.2, 0.25) is 0 Å². The molecule has 0 aliphatic heterocycles. The maximum Gasteiger partial charge on any atom is 0.171 e. The molecule has 0 atom stereocenters. The van der Waals surface area contributed by atoms with E-state index in [1.165, 1.54) is 0 Å². The van der Waals surface area contributed by atoms with Gasteiger partial charge < -0.3 is 5.84 Å². The molecule has 0 saturated carbocycles. The molecular formula is CH7N5. The van der Waals surface area contributed by atoms with Crippen molar-refractivity contribution in [3.63, 3.8) is 0 Å². The predicted octanol–water partition coefficient (Wildman–Crippen LogP) is -1.49. The van der Waals surface area contributed by atoms with Crippen molar-refractivity contribution in [1.29, 1.82) is 0 Å². The molecule has 6 N–H and O–H groups in total. The van der Waals surface area contributed by atoms with Crippen molar-refractivity contribution in [1.82, 2.24) is 0 Å². The quantitative estimate of drug-likeness (QED) is 0.158. The zero-order valence-electron chi connectivity index (χ0n) is 3.20. The first-order valence-electron chi connectivity index (χ1n) is 1.38. The van der Waals surface area contributed by atoms with Crippen molar-refractivity contribution >= 4 is 0 Å². The SMILES string of the molecule is NN=NC(N)N. The van der Waals surface area contributed by atoms with Gasteiger partial charge in [0.05, 0.1) is 0 Å². The van der Waals surface area contributed by atoms with Gasteiger partial charge in [0.25, 0.3) is 0 Å². The number of rotatable bonds is 1. The summed E-state index contributed by atoms with van der Waals surface area (Å²) in [6, 6.07) is 0. The van der Waals surface area contributed by atoms with Crippen LogP contribution >= 0.6 is 0 Å². The number of nitrogens with zero attached hydrogens (tertiary/aromatic N) is 2. The molecule has 6 heavy (non-hydrogen) atoms. The van der Waals surface area contributed by atoms with E-state index in [4.69, 9.17) is 11.5 Å². The second-order valence-electron chi connectivity index (χ2n) is 0.722. The van der Waals surface area contributed by atoms with Crippen LogP contribution in [0.2, 0.25) is 0 Å². The molecule has 0 saturated heterocycles. The Morgan fingerprint density at radius 1 is 1.33 bits per heavy atom. The minimum absolute atomic E-state index is 0.769. The monoisotopic (exact) mass is 89.1 g/mol. The highest BCUT2D eigenvalue weighted by atomic mass is 15.4. The zero-order chi connectivity index (χ0) is 4.99. The normalized spacial score (nSPS) is 11.2. The molecule has 0 aliphatic rings. The molecule has 0 unspecified atom stereocenters. The minimum atomic E-state index is -0.769. The average Bonchev–Trinajstić information content (AvgIpc) is 1.35. The summed E-state index contributed by atoms with van der Waals surface area (Å²) in [6.45, 7) is 0. The summed E-state index contributed by atoms with van der Waals surface area (Å²) in [6.07, 6.45) is -0.769. The molecule has 0 heterocycles. The van der Waals surface area contributed by atoms with Crippen LogP contribution in [-0.2, 0) is 0 Å². The highest BCUT2D eigenvalue weighted by molar-refractivity contribution is 4.34. The lowest BCUT2D eigenvalue weighted by atomic mass is 11.0. The van der Waals surface area contributed by atoms with E-state index in [2.05, 4.69) is 16.2 Å². The summed E-state index contributed by atoms with van der Waals surface area (Å²) < 4.78 is 0. The third kappa shape index (κ3) is 3.32. The molecule has 0 aromatic heterocycles. The van der Waals surface area contributed by atoms with Crippen LogP contribution in [0.3, 0.4) is 0 Å². The first kappa shape index (κ1) is 5.32. The molecule has 0 spiro atoms. The van der Waals surface area contributed by atoms with Crippen LogP contribution < -0.4 is 17.3 Å². The van der Waals surface area contributed by atoms with E-state index in [9.17, 15) is 0 Å².